The standard InChI is InChI=1S/C17H16ClF2N2O9P/c18-9-5-22(16(26)21-13(9)25)14-11(23)12(24)17(30-14,15(19)20)7-29-32(27)28-6-8-3-1-2-4-10(8)31-32/h1-5,11-12,14-15,23-24H,6-7H2,(H,21,25,26). The number of ether oxygens (including phenoxy) is 1. The van der Waals surface area contributed by atoms with E-state index in [1.807, 2.05) is 4.98 Å². The number of hydrogen-bond acceptors (Lipinski definition) is 9. The van der Waals surface area contributed by atoms with Crippen LogP contribution in [0.25, 0.3) is 0 Å². The Hall–Kier alpha value is -2.12. The van der Waals surface area contributed by atoms with E-state index in [0.29, 0.717) is 10.1 Å². The van der Waals surface area contributed by atoms with Crippen molar-refractivity contribution in [1.82, 2.24) is 9.55 Å². The molecule has 1 fully saturated rings. The summed E-state index contributed by atoms with van der Waals surface area (Å²) in [4.78, 5) is 25.3. The summed E-state index contributed by atoms with van der Waals surface area (Å²) in [6.07, 6.45) is -8.96. The van der Waals surface area contributed by atoms with Crippen LogP contribution in [-0.4, -0.2) is 50.6 Å². The highest BCUT2D eigenvalue weighted by Crippen LogP contribution is 2.56. The number of rotatable bonds is 5. The Kier molecular flexibility index (Phi) is 6.01. The van der Waals surface area contributed by atoms with Crippen molar-refractivity contribution in [3.05, 3.63) is 61.9 Å². The molecule has 5 unspecified atom stereocenters. The van der Waals surface area contributed by atoms with Gasteiger partial charge in [0.1, 0.15) is 23.0 Å². The minimum atomic E-state index is -4.39. The number of aromatic nitrogens is 2. The smallest absolute Gasteiger partial charge is 0.404 e. The summed E-state index contributed by atoms with van der Waals surface area (Å²) in [6, 6.07) is 6.39. The van der Waals surface area contributed by atoms with Crippen LogP contribution < -0.4 is 15.8 Å². The maximum Gasteiger partial charge on any atom is 0.530 e. The number of H-pyrrole nitrogens is 1. The summed E-state index contributed by atoms with van der Waals surface area (Å²) >= 11 is 5.66. The van der Waals surface area contributed by atoms with Crippen molar-refractivity contribution in [2.24, 2.45) is 0 Å². The molecule has 1 aromatic carbocycles. The summed E-state index contributed by atoms with van der Waals surface area (Å²) in [5.74, 6) is 0.161. The number of nitrogens with one attached hydrogen (secondary N) is 1. The van der Waals surface area contributed by atoms with Crippen LogP contribution in [0, 0.1) is 0 Å². The summed E-state index contributed by atoms with van der Waals surface area (Å²) in [5, 5.41) is 20.2. The lowest BCUT2D eigenvalue weighted by molar-refractivity contribution is -0.194. The predicted octanol–water partition coefficient (Wildman–Crippen LogP) is 1.18. The molecule has 4 rings (SSSR count). The molecule has 15 heteroatoms. The quantitative estimate of drug-likeness (QED) is 0.518. The molecule has 5 atom stereocenters. The van der Waals surface area contributed by atoms with Crippen molar-refractivity contribution in [1.29, 1.82) is 0 Å². The van der Waals surface area contributed by atoms with E-state index in [0.717, 1.165) is 6.20 Å². The third kappa shape index (κ3) is 3.90. The minimum absolute atomic E-state index is 0.161. The lowest BCUT2D eigenvalue weighted by Gasteiger charge is -2.32. The van der Waals surface area contributed by atoms with Crippen molar-refractivity contribution in [2.45, 2.75) is 37.1 Å². The number of aliphatic hydroxyl groups excluding tert-OH is 2. The lowest BCUT2D eigenvalue weighted by Crippen LogP contribution is -2.52. The molecular weight excluding hydrogens is 481 g/mol. The number of hydrogen-bond donors (Lipinski definition) is 3. The first-order valence-electron chi connectivity index (χ1n) is 9.06. The first-order valence-corrected chi connectivity index (χ1v) is 10.9. The Balaban J connectivity index is 1.60. The molecule has 2 aromatic rings. The number of alkyl halides is 2. The Morgan fingerprint density at radius 1 is 1.34 bits per heavy atom. The number of phosphoric ester groups is 1. The second kappa shape index (κ2) is 8.34. The Labute approximate surface area is 182 Å². The van der Waals surface area contributed by atoms with E-state index in [2.05, 4.69) is 0 Å². The third-order valence-electron chi connectivity index (χ3n) is 5.03. The van der Waals surface area contributed by atoms with Crippen molar-refractivity contribution >= 4 is 19.4 Å². The maximum atomic E-state index is 14.1. The molecule has 0 radical (unpaired) electrons. The number of aliphatic hydroxyl groups is 2. The number of halogens is 3. The minimum Gasteiger partial charge on any atom is -0.404 e. The highest BCUT2D eigenvalue weighted by atomic mass is 35.5. The van der Waals surface area contributed by atoms with Crippen molar-refractivity contribution < 1.29 is 41.9 Å². The van der Waals surface area contributed by atoms with Crippen LogP contribution in [0.15, 0.2) is 40.1 Å². The number of fused-ring (bicyclic) bond motifs is 1. The van der Waals surface area contributed by atoms with Gasteiger partial charge in [0.05, 0.1) is 13.2 Å². The lowest BCUT2D eigenvalue weighted by atomic mass is 9.96. The van der Waals surface area contributed by atoms with Crippen LogP contribution in [0.5, 0.6) is 5.75 Å². The summed E-state index contributed by atoms with van der Waals surface area (Å²) in [6.45, 7) is -1.42. The van der Waals surface area contributed by atoms with Crippen LogP contribution >= 0.6 is 19.4 Å². The summed E-state index contributed by atoms with van der Waals surface area (Å²) in [7, 11) is -4.39. The van der Waals surface area contributed by atoms with E-state index in [-0.39, 0.29) is 12.4 Å². The SMILES string of the molecule is O=c1[nH]c(=O)n(C2OC(COP3(=O)OCc4ccccc4O3)(C(F)F)C(O)C2O)cc1Cl. The van der Waals surface area contributed by atoms with Gasteiger partial charge in [-0.3, -0.25) is 23.4 Å². The molecule has 0 bridgehead atoms. The zero-order chi connectivity index (χ0) is 23.3. The molecule has 174 valence electrons. The van der Waals surface area contributed by atoms with Crippen LogP contribution in [0.3, 0.4) is 0 Å². The van der Waals surface area contributed by atoms with Gasteiger partial charge in [-0.05, 0) is 6.07 Å². The molecule has 0 spiro atoms. The average Bonchev–Trinajstić information content (AvgIpc) is 3.01. The molecule has 2 aliphatic heterocycles. The molecule has 0 saturated carbocycles. The Morgan fingerprint density at radius 2 is 2.06 bits per heavy atom. The van der Waals surface area contributed by atoms with Gasteiger partial charge in [-0.1, -0.05) is 29.8 Å². The van der Waals surface area contributed by atoms with Crippen molar-refractivity contribution in [3.63, 3.8) is 0 Å². The van der Waals surface area contributed by atoms with Crippen LogP contribution in [0.4, 0.5) is 8.78 Å². The summed E-state index contributed by atoms with van der Waals surface area (Å²) in [5.41, 5.74) is -4.46. The molecular formula is C17H16ClF2N2O9P. The average molecular weight is 497 g/mol. The molecule has 32 heavy (non-hydrogen) atoms. The topological polar surface area (TPSA) is 149 Å². The highest BCUT2D eigenvalue weighted by molar-refractivity contribution is 7.49. The van der Waals surface area contributed by atoms with Gasteiger partial charge in [-0.15, -0.1) is 0 Å². The zero-order valence-electron chi connectivity index (χ0n) is 15.9. The monoisotopic (exact) mass is 496 g/mol. The number of benzene rings is 1. The van der Waals surface area contributed by atoms with Crippen LogP contribution in [-0.2, 0) is 25.0 Å². The molecule has 1 saturated heterocycles. The number of para-hydroxylation sites is 1. The molecule has 0 aliphatic carbocycles. The first kappa shape index (κ1) is 23.1. The molecule has 11 nitrogen and oxygen atoms in total. The largest absolute Gasteiger partial charge is 0.530 e. The Morgan fingerprint density at radius 3 is 2.78 bits per heavy atom. The molecule has 3 heterocycles. The predicted molar refractivity (Wildman–Crippen MR) is 103 cm³/mol. The summed E-state index contributed by atoms with van der Waals surface area (Å²) < 4.78 is 61.8. The number of phosphoric acid groups is 1. The van der Waals surface area contributed by atoms with Crippen LogP contribution in [0.1, 0.15) is 11.8 Å². The van der Waals surface area contributed by atoms with E-state index >= 15 is 0 Å². The van der Waals surface area contributed by atoms with E-state index in [1.54, 1.807) is 18.2 Å². The van der Waals surface area contributed by atoms with Gasteiger partial charge in [0.15, 0.2) is 11.8 Å². The third-order valence-corrected chi connectivity index (χ3v) is 6.61. The van der Waals surface area contributed by atoms with Gasteiger partial charge in [-0.25, -0.2) is 18.1 Å². The van der Waals surface area contributed by atoms with E-state index in [4.69, 9.17) is 29.9 Å². The van der Waals surface area contributed by atoms with E-state index in [9.17, 15) is 33.1 Å². The fourth-order valence-electron chi connectivity index (χ4n) is 3.29. The first-order chi connectivity index (χ1) is 15.1. The second-order valence-electron chi connectivity index (χ2n) is 7.04. The normalized spacial score (nSPS) is 32.0. The van der Waals surface area contributed by atoms with Gasteiger partial charge in [0, 0.05) is 11.8 Å². The van der Waals surface area contributed by atoms with Gasteiger partial charge >= 0.3 is 13.5 Å². The molecule has 1 aromatic heterocycles. The maximum absolute atomic E-state index is 14.1. The second-order valence-corrected chi connectivity index (χ2v) is 9.04. The van der Waals surface area contributed by atoms with Gasteiger partial charge < -0.3 is 19.5 Å². The highest BCUT2D eigenvalue weighted by Gasteiger charge is 2.62. The molecule has 3 N–H and O–H groups in total. The number of nitrogens with zero attached hydrogens (tertiary/aromatic N) is 1. The van der Waals surface area contributed by atoms with E-state index in [1.165, 1.54) is 6.07 Å². The van der Waals surface area contributed by atoms with Gasteiger partial charge in [-0.2, -0.15) is 0 Å². The Bertz CT molecular complexity index is 1190. The van der Waals surface area contributed by atoms with Crippen molar-refractivity contribution in [2.75, 3.05) is 6.61 Å². The zero-order valence-corrected chi connectivity index (χ0v) is 17.5. The van der Waals surface area contributed by atoms with Crippen molar-refractivity contribution in [3.8, 4) is 5.75 Å². The fourth-order valence-corrected chi connectivity index (χ4v) is 4.70. The fraction of sp³-hybridized carbons (Fsp3) is 0.412. The molecule has 0 amide bonds. The number of aromatic amines is 1. The van der Waals surface area contributed by atoms with Crippen LogP contribution in [0.2, 0.25) is 5.02 Å². The van der Waals surface area contributed by atoms with Gasteiger partial charge in [0.25, 0.3) is 12.0 Å². The van der Waals surface area contributed by atoms with Gasteiger partial charge in [0.2, 0.25) is 0 Å². The van der Waals surface area contributed by atoms with E-state index < -0.39 is 61.2 Å². The molecule has 2 aliphatic rings.